The van der Waals surface area contributed by atoms with Crippen molar-refractivity contribution in [1.82, 2.24) is 4.72 Å². The topological polar surface area (TPSA) is 66.4 Å². The van der Waals surface area contributed by atoms with Gasteiger partial charge in [0.1, 0.15) is 5.72 Å². The molecule has 0 amide bonds. The van der Waals surface area contributed by atoms with Gasteiger partial charge in [-0.25, -0.2) is 8.42 Å². The summed E-state index contributed by atoms with van der Waals surface area (Å²) in [4.78, 5) is 0.0627. The van der Waals surface area contributed by atoms with Crippen molar-refractivity contribution in [3.8, 4) is 0 Å². The summed E-state index contributed by atoms with van der Waals surface area (Å²) in [6.45, 7) is 7.23. The molecular formula is C14H20ClNO3S. The molecule has 0 fully saturated rings. The lowest BCUT2D eigenvalue weighted by Gasteiger charge is -2.33. The van der Waals surface area contributed by atoms with E-state index in [0.717, 1.165) is 0 Å². The third-order valence-corrected chi connectivity index (χ3v) is 5.09. The predicted octanol–water partition coefficient (Wildman–Crippen LogP) is 2.93. The van der Waals surface area contributed by atoms with Gasteiger partial charge in [-0.15, -0.1) is 6.58 Å². The average Bonchev–Trinajstić information content (AvgIpc) is 2.37. The Labute approximate surface area is 125 Å². The first-order valence-electron chi connectivity index (χ1n) is 6.38. The molecule has 112 valence electrons. The van der Waals surface area contributed by atoms with Crippen molar-refractivity contribution in [2.75, 3.05) is 0 Å². The highest BCUT2D eigenvalue weighted by Gasteiger charge is 2.36. The second-order valence-electron chi connectivity index (χ2n) is 4.79. The lowest BCUT2D eigenvalue weighted by atomic mass is 9.93. The lowest BCUT2D eigenvalue weighted by molar-refractivity contribution is -0.0212. The largest absolute Gasteiger partial charge is 0.374 e. The highest BCUT2D eigenvalue weighted by molar-refractivity contribution is 7.89. The maximum atomic E-state index is 12.3. The molecule has 0 heterocycles. The van der Waals surface area contributed by atoms with Gasteiger partial charge in [0.2, 0.25) is 10.0 Å². The molecule has 6 heteroatoms. The first-order valence-corrected chi connectivity index (χ1v) is 8.24. The van der Waals surface area contributed by atoms with E-state index in [1.54, 1.807) is 6.92 Å². The highest BCUT2D eigenvalue weighted by atomic mass is 35.5. The third kappa shape index (κ3) is 4.06. The minimum absolute atomic E-state index is 0.0627. The van der Waals surface area contributed by atoms with Crippen molar-refractivity contribution < 1.29 is 13.5 Å². The van der Waals surface area contributed by atoms with Gasteiger partial charge in [-0.3, -0.25) is 0 Å². The monoisotopic (exact) mass is 317 g/mol. The molecule has 1 aromatic rings. The van der Waals surface area contributed by atoms with Crippen LogP contribution in [0.15, 0.2) is 41.8 Å². The highest BCUT2D eigenvalue weighted by Crippen LogP contribution is 2.25. The number of rotatable bonds is 7. The van der Waals surface area contributed by atoms with Crippen LogP contribution in [0.3, 0.4) is 0 Å². The Kier molecular flexibility index (Phi) is 5.77. The number of benzene rings is 1. The predicted molar refractivity (Wildman–Crippen MR) is 81.0 cm³/mol. The van der Waals surface area contributed by atoms with Gasteiger partial charge in [-0.1, -0.05) is 31.5 Å². The molecule has 0 bridgehead atoms. The molecule has 0 aliphatic carbocycles. The quantitative estimate of drug-likeness (QED) is 0.600. The van der Waals surface area contributed by atoms with Crippen molar-refractivity contribution >= 4 is 21.6 Å². The summed E-state index contributed by atoms with van der Waals surface area (Å²) in [5.41, 5.74) is -1.55. The molecule has 20 heavy (non-hydrogen) atoms. The van der Waals surface area contributed by atoms with Gasteiger partial charge < -0.3 is 5.11 Å². The van der Waals surface area contributed by atoms with E-state index in [1.165, 1.54) is 30.3 Å². The zero-order chi connectivity index (χ0) is 15.4. The van der Waals surface area contributed by atoms with Crippen molar-refractivity contribution in [1.29, 1.82) is 0 Å². The second kappa shape index (κ2) is 6.72. The van der Waals surface area contributed by atoms with Gasteiger partial charge in [-0.2, -0.15) is 4.72 Å². The van der Waals surface area contributed by atoms with Crippen LogP contribution >= 0.6 is 11.6 Å². The summed E-state index contributed by atoms with van der Waals surface area (Å²) >= 11 is 5.74. The van der Waals surface area contributed by atoms with E-state index in [2.05, 4.69) is 11.3 Å². The van der Waals surface area contributed by atoms with Crippen molar-refractivity contribution in [2.24, 2.45) is 5.92 Å². The smallest absolute Gasteiger partial charge is 0.242 e. The third-order valence-electron chi connectivity index (χ3n) is 3.32. The minimum Gasteiger partial charge on any atom is -0.374 e. The Hall–Kier alpha value is -0.880. The van der Waals surface area contributed by atoms with Crippen molar-refractivity contribution in [3.05, 3.63) is 41.9 Å². The number of hydrogen-bond acceptors (Lipinski definition) is 3. The average molecular weight is 318 g/mol. The Morgan fingerprint density at radius 2 is 2.00 bits per heavy atom. The van der Waals surface area contributed by atoms with E-state index in [1.807, 2.05) is 6.92 Å². The number of nitrogens with one attached hydrogen (secondary N) is 1. The van der Waals surface area contributed by atoms with Gasteiger partial charge >= 0.3 is 0 Å². The summed E-state index contributed by atoms with van der Waals surface area (Å²) < 4.78 is 27.0. The van der Waals surface area contributed by atoms with Crippen molar-refractivity contribution in [2.45, 2.75) is 37.3 Å². The van der Waals surface area contributed by atoms with E-state index in [4.69, 9.17) is 11.6 Å². The van der Waals surface area contributed by atoms with Crippen LogP contribution < -0.4 is 4.72 Å². The normalized spacial score (nSPS) is 16.4. The van der Waals surface area contributed by atoms with E-state index >= 15 is 0 Å². The Morgan fingerprint density at radius 3 is 2.45 bits per heavy atom. The maximum Gasteiger partial charge on any atom is 0.242 e. The fourth-order valence-electron chi connectivity index (χ4n) is 1.81. The fraction of sp³-hybridized carbons (Fsp3) is 0.429. The molecular weight excluding hydrogens is 298 g/mol. The zero-order valence-electron chi connectivity index (χ0n) is 11.6. The molecule has 0 aliphatic heterocycles. The van der Waals surface area contributed by atoms with E-state index in [9.17, 15) is 13.5 Å². The summed E-state index contributed by atoms with van der Waals surface area (Å²) in [6.07, 6.45) is 2.26. The Bertz CT molecular complexity index is 556. The van der Waals surface area contributed by atoms with Crippen LogP contribution in [0.2, 0.25) is 5.02 Å². The van der Waals surface area contributed by atoms with Crippen LogP contribution in [0.4, 0.5) is 0 Å². The Balaban J connectivity index is 3.09. The molecule has 0 saturated carbocycles. The fourth-order valence-corrected chi connectivity index (χ4v) is 3.29. The molecule has 0 aromatic heterocycles. The molecule has 2 atom stereocenters. The zero-order valence-corrected chi connectivity index (χ0v) is 13.2. The maximum absolute atomic E-state index is 12.3. The Morgan fingerprint density at radius 1 is 1.45 bits per heavy atom. The standard InChI is InChI=1S/C14H20ClNO3S/c1-4-10-14(17,11(3)5-2)16-20(18,19)13-8-6-12(15)7-9-13/h4,6-9,11,16-17H,1,5,10H2,2-3H3/t11-,14+/m0/s1. The lowest BCUT2D eigenvalue weighted by Crippen LogP contribution is -2.52. The number of halogens is 1. The molecule has 0 unspecified atom stereocenters. The van der Waals surface area contributed by atoms with Crippen LogP contribution in [0.25, 0.3) is 0 Å². The van der Waals surface area contributed by atoms with E-state index in [0.29, 0.717) is 11.4 Å². The van der Waals surface area contributed by atoms with Gasteiger partial charge in [0.15, 0.2) is 0 Å². The summed E-state index contributed by atoms with van der Waals surface area (Å²) in [6, 6.07) is 5.78. The van der Waals surface area contributed by atoms with E-state index < -0.39 is 15.7 Å². The molecule has 0 spiro atoms. The van der Waals surface area contributed by atoms with E-state index in [-0.39, 0.29) is 17.2 Å². The molecule has 0 aliphatic rings. The van der Waals surface area contributed by atoms with Gasteiger partial charge in [0.05, 0.1) is 4.90 Å². The van der Waals surface area contributed by atoms with Crippen LogP contribution in [0.5, 0.6) is 0 Å². The van der Waals surface area contributed by atoms with Crippen molar-refractivity contribution in [3.63, 3.8) is 0 Å². The second-order valence-corrected chi connectivity index (χ2v) is 6.90. The minimum atomic E-state index is -3.82. The van der Waals surface area contributed by atoms with Gasteiger partial charge in [0, 0.05) is 11.4 Å². The number of aliphatic hydroxyl groups is 1. The van der Waals surface area contributed by atoms with Gasteiger partial charge in [-0.05, 0) is 36.6 Å². The summed E-state index contributed by atoms with van der Waals surface area (Å²) in [5.74, 6) is -0.248. The summed E-state index contributed by atoms with van der Waals surface area (Å²) in [7, 11) is -3.82. The SMILES string of the molecule is C=CC[C@](O)(NS(=O)(=O)c1ccc(Cl)cc1)[C@@H](C)CC. The van der Waals surface area contributed by atoms with Crippen LogP contribution in [-0.4, -0.2) is 19.2 Å². The molecule has 1 aromatic carbocycles. The summed E-state index contributed by atoms with van der Waals surface area (Å²) in [5, 5.41) is 11.0. The van der Waals surface area contributed by atoms with Crippen LogP contribution in [0.1, 0.15) is 26.7 Å². The molecule has 4 nitrogen and oxygen atoms in total. The number of sulfonamides is 1. The van der Waals surface area contributed by atoms with Crippen LogP contribution in [-0.2, 0) is 10.0 Å². The van der Waals surface area contributed by atoms with Crippen LogP contribution in [0, 0.1) is 5.92 Å². The molecule has 1 rings (SSSR count). The number of hydrogen-bond donors (Lipinski definition) is 2. The molecule has 0 radical (unpaired) electrons. The van der Waals surface area contributed by atoms with Gasteiger partial charge in [0.25, 0.3) is 0 Å². The first kappa shape index (κ1) is 17.2. The molecule has 2 N–H and O–H groups in total. The molecule has 0 saturated heterocycles. The first-order chi connectivity index (χ1) is 9.25.